The summed E-state index contributed by atoms with van der Waals surface area (Å²) in [4.78, 5) is 0. The van der Waals surface area contributed by atoms with E-state index in [2.05, 4.69) is 25.6 Å². The highest BCUT2D eigenvalue weighted by atomic mass is 15.0. The second kappa shape index (κ2) is 1.48. The van der Waals surface area contributed by atoms with Gasteiger partial charge in [0.05, 0.1) is 0 Å². The number of hydrogen-bond donors (Lipinski definition) is 1. The molecule has 0 saturated carbocycles. The molecular weight excluding hydrogens is 86.1 g/mol. The van der Waals surface area contributed by atoms with E-state index in [0.29, 0.717) is 5.54 Å². The Hall–Kier alpha value is -0.0400. The van der Waals surface area contributed by atoms with Crippen LogP contribution < -0.4 is 5.32 Å². The molecule has 7 heavy (non-hydrogen) atoms. The van der Waals surface area contributed by atoms with Crippen molar-refractivity contribution in [2.24, 2.45) is 0 Å². The Morgan fingerprint density at radius 2 is 2.29 bits per heavy atom. The van der Waals surface area contributed by atoms with Crippen LogP contribution in [0.3, 0.4) is 0 Å². The van der Waals surface area contributed by atoms with E-state index in [4.69, 9.17) is 0 Å². The number of hydrogen-bond acceptors (Lipinski definition) is 1. The quantitative estimate of drug-likeness (QED) is 0.476. The Bertz CT molecular complexity index is 58.6. The fraction of sp³-hybridized carbons (Fsp3) is 0.833. The van der Waals surface area contributed by atoms with Crippen molar-refractivity contribution in [2.75, 3.05) is 6.54 Å². The van der Waals surface area contributed by atoms with Crippen LogP contribution in [-0.2, 0) is 0 Å². The summed E-state index contributed by atoms with van der Waals surface area (Å²) in [6.45, 7) is 5.53. The first-order chi connectivity index (χ1) is 3.21. The van der Waals surface area contributed by atoms with Gasteiger partial charge in [0.1, 0.15) is 0 Å². The molecule has 1 aliphatic heterocycles. The molecule has 1 saturated heterocycles. The molecule has 0 unspecified atom stereocenters. The highest BCUT2D eigenvalue weighted by molar-refractivity contribution is 4.93. The summed E-state index contributed by atoms with van der Waals surface area (Å²) < 4.78 is 0. The van der Waals surface area contributed by atoms with Crippen LogP contribution in [0.1, 0.15) is 20.3 Å². The molecule has 1 aliphatic rings. The molecule has 0 bridgehead atoms. The molecule has 0 spiro atoms. The van der Waals surface area contributed by atoms with Crippen LogP contribution in [0.5, 0.6) is 0 Å². The third-order valence-corrected chi connectivity index (χ3v) is 1.38. The smallest absolute Gasteiger partial charge is 0.0128 e. The molecular formula is C6H12N. The molecule has 0 amide bonds. The van der Waals surface area contributed by atoms with Gasteiger partial charge in [-0.25, -0.2) is 0 Å². The summed E-state index contributed by atoms with van der Waals surface area (Å²) in [7, 11) is 0. The van der Waals surface area contributed by atoms with Crippen molar-refractivity contribution in [3.63, 3.8) is 0 Å². The molecule has 0 aromatic rings. The third kappa shape index (κ3) is 1.16. The van der Waals surface area contributed by atoms with Crippen molar-refractivity contribution in [1.29, 1.82) is 0 Å². The molecule has 1 radical (unpaired) electrons. The lowest BCUT2D eigenvalue weighted by atomic mass is 10.0. The van der Waals surface area contributed by atoms with Gasteiger partial charge in [-0.05, 0) is 33.2 Å². The van der Waals surface area contributed by atoms with Crippen molar-refractivity contribution in [3.8, 4) is 0 Å². The lowest BCUT2D eigenvalue weighted by Gasteiger charge is -2.15. The zero-order valence-electron chi connectivity index (χ0n) is 4.99. The van der Waals surface area contributed by atoms with Crippen LogP contribution in [0.15, 0.2) is 0 Å². The van der Waals surface area contributed by atoms with Crippen molar-refractivity contribution in [1.82, 2.24) is 5.32 Å². The predicted molar refractivity (Wildman–Crippen MR) is 31.0 cm³/mol. The lowest BCUT2D eigenvalue weighted by molar-refractivity contribution is 0.464. The van der Waals surface area contributed by atoms with Gasteiger partial charge in [0, 0.05) is 5.54 Å². The minimum atomic E-state index is 0.389. The Labute approximate surface area is 45.1 Å². The lowest BCUT2D eigenvalue weighted by Crippen LogP contribution is -2.31. The van der Waals surface area contributed by atoms with Gasteiger partial charge in [0.15, 0.2) is 0 Å². The summed E-state index contributed by atoms with van der Waals surface area (Å²) in [5, 5.41) is 3.34. The highest BCUT2D eigenvalue weighted by Crippen LogP contribution is 2.14. The molecule has 1 fully saturated rings. The molecule has 0 aromatic carbocycles. The van der Waals surface area contributed by atoms with Gasteiger partial charge < -0.3 is 5.32 Å². The van der Waals surface area contributed by atoms with E-state index in [1.165, 1.54) is 6.42 Å². The molecule has 0 aliphatic carbocycles. The minimum Gasteiger partial charge on any atom is -0.311 e. The summed E-state index contributed by atoms with van der Waals surface area (Å²) >= 11 is 0. The maximum atomic E-state index is 3.34. The summed E-state index contributed by atoms with van der Waals surface area (Å²) in [5.41, 5.74) is 0.389. The van der Waals surface area contributed by atoms with Crippen molar-refractivity contribution in [3.05, 3.63) is 6.42 Å². The van der Waals surface area contributed by atoms with E-state index in [-0.39, 0.29) is 0 Å². The SMILES string of the molecule is CC1(C)C[CH]CN1. The maximum Gasteiger partial charge on any atom is 0.0128 e. The van der Waals surface area contributed by atoms with E-state index in [1.54, 1.807) is 0 Å². The fourth-order valence-electron chi connectivity index (χ4n) is 0.854. The van der Waals surface area contributed by atoms with E-state index in [9.17, 15) is 0 Å². The standard InChI is InChI=1S/C6H12N/c1-6(2)4-3-5-7-6/h3,7H,4-5H2,1-2H3. The van der Waals surface area contributed by atoms with Gasteiger partial charge >= 0.3 is 0 Å². The van der Waals surface area contributed by atoms with E-state index in [1.807, 2.05) is 0 Å². The second-order valence-corrected chi connectivity index (χ2v) is 2.76. The zero-order valence-corrected chi connectivity index (χ0v) is 4.99. The fourth-order valence-corrected chi connectivity index (χ4v) is 0.854. The van der Waals surface area contributed by atoms with Gasteiger partial charge in [0.2, 0.25) is 0 Å². The number of rotatable bonds is 0. The topological polar surface area (TPSA) is 12.0 Å². The number of nitrogens with one attached hydrogen (secondary N) is 1. The summed E-state index contributed by atoms with van der Waals surface area (Å²) in [5.74, 6) is 0. The summed E-state index contributed by atoms with van der Waals surface area (Å²) in [6, 6.07) is 0. The summed E-state index contributed by atoms with van der Waals surface area (Å²) in [6.07, 6.45) is 3.49. The monoisotopic (exact) mass is 98.1 g/mol. The van der Waals surface area contributed by atoms with Crippen LogP contribution >= 0.6 is 0 Å². The van der Waals surface area contributed by atoms with Gasteiger partial charge in [-0.15, -0.1) is 0 Å². The normalized spacial score (nSPS) is 28.3. The Morgan fingerprint density at radius 1 is 1.57 bits per heavy atom. The maximum absolute atomic E-state index is 3.34. The Morgan fingerprint density at radius 3 is 2.43 bits per heavy atom. The molecule has 0 aromatic heterocycles. The van der Waals surface area contributed by atoms with Crippen LogP contribution in [0.4, 0.5) is 0 Å². The predicted octanol–water partition coefficient (Wildman–Crippen LogP) is 0.963. The van der Waals surface area contributed by atoms with Gasteiger partial charge in [-0.1, -0.05) is 0 Å². The minimum absolute atomic E-state index is 0.389. The molecule has 0 atom stereocenters. The van der Waals surface area contributed by atoms with Gasteiger partial charge in [0.25, 0.3) is 0 Å². The molecule has 1 rings (SSSR count). The molecule has 41 valence electrons. The van der Waals surface area contributed by atoms with E-state index >= 15 is 0 Å². The van der Waals surface area contributed by atoms with Crippen LogP contribution in [0.25, 0.3) is 0 Å². The third-order valence-electron chi connectivity index (χ3n) is 1.38. The van der Waals surface area contributed by atoms with Crippen LogP contribution in [-0.4, -0.2) is 12.1 Å². The van der Waals surface area contributed by atoms with Crippen molar-refractivity contribution >= 4 is 0 Å². The zero-order chi connectivity index (χ0) is 5.33. The average molecular weight is 98.2 g/mol. The molecule has 1 nitrogen and oxygen atoms in total. The highest BCUT2D eigenvalue weighted by Gasteiger charge is 2.20. The van der Waals surface area contributed by atoms with E-state index in [0.717, 1.165) is 6.54 Å². The first-order valence-corrected chi connectivity index (χ1v) is 2.77. The second-order valence-electron chi connectivity index (χ2n) is 2.76. The molecule has 1 heteroatoms. The molecule has 1 N–H and O–H groups in total. The Kier molecular flexibility index (Phi) is 1.08. The Balaban J connectivity index is 2.40. The van der Waals surface area contributed by atoms with Crippen LogP contribution in [0, 0.1) is 6.42 Å². The van der Waals surface area contributed by atoms with E-state index < -0.39 is 0 Å². The van der Waals surface area contributed by atoms with Crippen LogP contribution in [0.2, 0.25) is 0 Å². The van der Waals surface area contributed by atoms with Crippen molar-refractivity contribution in [2.45, 2.75) is 25.8 Å². The van der Waals surface area contributed by atoms with Gasteiger partial charge in [-0.3, -0.25) is 0 Å². The largest absolute Gasteiger partial charge is 0.311 e. The van der Waals surface area contributed by atoms with Crippen molar-refractivity contribution < 1.29 is 0 Å². The molecule has 1 heterocycles. The first-order valence-electron chi connectivity index (χ1n) is 2.77. The average Bonchev–Trinajstić information content (AvgIpc) is 1.84. The first kappa shape index (κ1) is 5.10. The van der Waals surface area contributed by atoms with Gasteiger partial charge in [-0.2, -0.15) is 0 Å².